The fourth-order valence-corrected chi connectivity index (χ4v) is 1.95. The lowest BCUT2D eigenvalue weighted by Crippen LogP contribution is -2.36. The molecule has 1 aliphatic rings. The van der Waals surface area contributed by atoms with Gasteiger partial charge in [-0.15, -0.1) is 0 Å². The zero-order valence-corrected chi connectivity index (χ0v) is 9.86. The summed E-state index contributed by atoms with van der Waals surface area (Å²) in [5.41, 5.74) is 0.553. The molecule has 0 spiro atoms. The van der Waals surface area contributed by atoms with Gasteiger partial charge in [-0.05, 0) is 37.7 Å². The summed E-state index contributed by atoms with van der Waals surface area (Å²) in [6, 6.07) is 5.99. The summed E-state index contributed by atoms with van der Waals surface area (Å²) >= 11 is 0. The number of Topliss-reactive ketones (excluding diaryl/α,β-unsaturated/α-hetero) is 1. The molecular formula is C13H16FNO2. The molecule has 0 N–H and O–H groups in total. The van der Waals surface area contributed by atoms with Crippen molar-refractivity contribution in [2.24, 2.45) is 0 Å². The molecule has 0 saturated carbocycles. The maximum Gasteiger partial charge on any atom is 0.176 e. The van der Waals surface area contributed by atoms with E-state index >= 15 is 0 Å². The number of rotatable bonds is 4. The van der Waals surface area contributed by atoms with E-state index in [4.69, 9.17) is 4.74 Å². The second-order valence-electron chi connectivity index (χ2n) is 4.36. The van der Waals surface area contributed by atoms with E-state index in [0.717, 1.165) is 13.0 Å². The maximum absolute atomic E-state index is 12.7. The van der Waals surface area contributed by atoms with Gasteiger partial charge >= 0.3 is 0 Å². The van der Waals surface area contributed by atoms with Gasteiger partial charge in [0, 0.05) is 18.2 Å². The Bertz CT molecular complexity index is 385. The zero-order chi connectivity index (χ0) is 12.3. The second-order valence-corrected chi connectivity index (χ2v) is 4.36. The number of ether oxygens (including phenoxy) is 1. The average Bonchev–Trinajstić information content (AvgIpc) is 2.83. The molecule has 1 aliphatic heterocycles. The van der Waals surface area contributed by atoms with Crippen LogP contribution in [0.1, 0.15) is 16.8 Å². The van der Waals surface area contributed by atoms with Crippen molar-refractivity contribution < 1.29 is 13.9 Å². The number of hydrogen-bond acceptors (Lipinski definition) is 3. The number of halogens is 1. The van der Waals surface area contributed by atoms with Crippen LogP contribution in [0.25, 0.3) is 0 Å². The maximum atomic E-state index is 12.7. The monoisotopic (exact) mass is 237 g/mol. The van der Waals surface area contributed by atoms with Gasteiger partial charge in [0.15, 0.2) is 5.78 Å². The van der Waals surface area contributed by atoms with E-state index in [1.54, 1.807) is 0 Å². The van der Waals surface area contributed by atoms with Gasteiger partial charge in [-0.3, -0.25) is 9.69 Å². The molecule has 0 aliphatic carbocycles. The van der Waals surface area contributed by atoms with Crippen molar-refractivity contribution in [3.8, 4) is 0 Å². The molecule has 1 heterocycles. The Morgan fingerprint density at radius 1 is 1.47 bits per heavy atom. The van der Waals surface area contributed by atoms with Crippen molar-refractivity contribution in [3.05, 3.63) is 35.6 Å². The first-order valence-corrected chi connectivity index (χ1v) is 5.73. The fraction of sp³-hybridized carbons (Fsp3) is 0.462. The van der Waals surface area contributed by atoms with E-state index in [9.17, 15) is 9.18 Å². The van der Waals surface area contributed by atoms with Gasteiger partial charge in [0.1, 0.15) is 5.82 Å². The Morgan fingerprint density at radius 3 is 2.76 bits per heavy atom. The molecule has 3 nitrogen and oxygen atoms in total. The lowest BCUT2D eigenvalue weighted by molar-refractivity contribution is 0.0907. The molecule has 1 aromatic carbocycles. The van der Waals surface area contributed by atoms with E-state index in [2.05, 4.69) is 0 Å². The number of benzene rings is 1. The first-order valence-electron chi connectivity index (χ1n) is 5.73. The van der Waals surface area contributed by atoms with Gasteiger partial charge in [-0.25, -0.2) is 4.39 Å². The zero-order valence-electron chi connectivity index (χ0n) is 9.86. The van der Waals surface area contributed by atoms with Crippen LogP contribution in [-0.2, 0) is 4.74 Å². The van der Waals surface area contributed by atoms with Crippen LogP contribution in [-0.4, -0.2) is 43.5 Å². The predicted octanol–water partition coefficient (Wildman–Crippen LogP) is 1.73. The summed E-state index contributed by atoms with van der Waals surface area (Å²) in [7, 11) is 1.92. The quantitative estimate of drug-likeness (QED) is 0.747. The van der Waals surface area contributed by atoms with E-state index in [1.807, 2.05) is 11.9 Å². The second kappa shape index (κ2) is 5.38. The minimum atomic E-state index is -0.320. The van der Waals surface area contributed by atoms with Crippen LogP contribution >= 0.6 is 0 Å². The van der Waals surface area contributed by atoms with Crippen molar-refractivity contribution in [2.45, 2.75) is 12.5 Å². The topological polar surface area (TPSA) is 29.5 Å². The molecular weight excluding hydrogens is 221 g/mol. The Balaban J connectivity index is 1.94. The molecule has 0 aromatic heterocycles. The summed E-state index contributed by atoms with van der Waals surface area (Å²) in [4.78, 5) is 13.9. The molecule has 2 rings (SSSR count). The predicted molar refractivity (Wildman–Crippen MR) is 62.6 cm³/mol. The number of nitrogens with zero attached hydrogens (tertiary/aromatic N) is 1. The van der Waals surface area contributed by atoms with Crippen molar-refractivity contribution in [1.82, 2.24) is 4.90 Å². The van der Waals surface area contributed by atoms with Gasteiger partial charge < -0.3 is 4.74 Å². The smallest absolute Gasteiger partial charge is 0.176 e. The molecule has 1 aromatic rings. The molecule has 1 unspecified atom stereocenters. The normalized spacial score (nSPS) is 19.8. The highest BCUT2D eigenvalue weighted by atomic mass is 19.1. The standard InChI is InChI=1S/C13H16FNO2/c1-15(12-6-7-17-9-12)8-13(16)10-2-4-11(14)5-3-10/h2-5,12H,6-9H2,1H3. The van der Waals surface area contributed by atoms with E-state index < -0.39 is 0 Å². The van der Waals surface area contributed by atoms with E-state index in [0.29, 0.717) is 24.8 Å². The minimum absolute atomic E-state index is 0.0133. The molecule has 0 radical (unpaired) electrons. The van der Waals surface area contributed by atoms with Gasteiger partial charge in [0.05, 0.1) is 13.2 Å². The average molecular weight is 237 g/mol. The lowest BCUT2D eigenvalue weighted by Gasteiger charge is -2.21. The number of carbonyl (C=O) groups is 1. The lowest BCUT2D eigenvalue weighted by atomic mass is 10.1. The van der Waals surface area contributed by atoms with Crippen LogP contribution in [0.2, 0.25) is 0 Å². The minimum Gasteiger partial charge on any atom is -0.380 e. The van der Waals surface area contributed by atoms with Crippen molar-refractivity contribution in [1.29, 1.82) is 0 Å². The van der Waals surface area contributed by atoms with Crippen molar-refractivity contribution in [3.63, 3.8) is 0 Å². The molecule has 4 heteroatoms. The van der Waals surface area contributed by atoms with E-state index in [-0.39, 0.29) is 11.6 Å². The number of hydrogen-bond donors (Lipinski definition) is 0. The Hall–Kier alpha value is -1.26. The Labute approximate surface area is 100 Å². The third-order valence-corrected chi connectivity index (χ3v) is 3.09. The third kappa shape index (κ3) is 3.11. The van der Waals surface area contributed by atoms with Crippen LogP contribution in [0, 0.1) is 5.82 Å². The van der Waals surface area contributed by atoms with Gasteiger partial charge in [-0.2, -0.15) is 0 Å². The highest BCUT2D eigenvalue weighted by Gasteiger charge is 2.22. The summed E-state index contributed by atoms with van der Waals surface area (Å²) in [5.74, 6) is -0.307. The Morgan fingerprint density at radius 2 is 2.18 bits per heavy atom. The van der Waals surface area contributed by atoms with Crippen LogP contribution in [0.3, 0.4) is 0 Å². The van der Waals surface area contributed by atoms with Crippen LogP contribution in [0.5, 0.6) is 0 Å². The molecule has 92 valence electrons. The highest BCUT2D eigenvalue weighted by molar-refractivity contribution is 5.97. The van der Waals surface area contributed by atoms with Crippen LogP contribution < -0.4 is 0 Å². The molecule has 0 amide bonds. The number of carbonyl (C=O) groups excluding carboxylic acids is 1. The SMILES string of the molecule is CN(CC(=O)c1ccc(F)cc1)C1CCOC1. The number of ketones is 1. The largest absolute Gasteiger partial charge is 0.380 e. The van der Waals surface area contributed by atoms with Gasteiger partial charge in [0.25, 0.3) is 0 Å². The van der Waals surface area contributed by atoms with Gasteiger partial charge in [-0.1, -0.05) is 0 Å². The summed E-state index contributed by atoms with van der Waals surface area (Å²) in [5, 5.41) is 0. The molecule has 1 atom stereocenters. The summed E-state index contributed by atoms with van der Waals surface area (Å²) in [6.07, 6.45) is 0.965. The van der Waals surface area contributed by atoms with Gasteiger partial charge in [0.2, 0.25) is 0 Å². The third-order valence-electron chi connectivity index (χ3n) is 3.09. The highest BCUT2D eigenvalue weighted by Crippen LogP contribution is 2.12. The van der Waals surface area contributed by atoms with E-state index in [1.165, 1.54) is 24.3 Å². The summed E-state index contributed by atoms with van der Waals surface area (Å²) < 4.78 is 18.0. The van der Waals surface area contributed by atoms with Crippen LogP contribution in [0.4, 0.5) is 4.39 Å². The first kappa shape index (κ1) is 12.2. The molecule has 1 fully saturated rings. The number of likely N-dealkylation sites (N-methyl/N-ethyl adjacent to an activating group) is 1. The molecule has 1 saturated heterocycles. The van der Waals surface area contributed by atoms with Crippen molar-refractivity contribution in [2.75, 3.05) is 26.8 Å². The molecule has 17 heavy (non-hydrogen) atoms. The molecule has 0 bridgehead atoms. The van der Waals surface area contributed by atoms with Crippen molar-refractivity contribution >= 4 is 5.78 Å². The van der Waals surface area contributed by atoms with Crippen LogP contribution in [0.15, 0.2) is 24.3 Å². The fourth-order valence-electron chi connectivity index (χ4n) is 1.95. The first-order chi connectivity index (χ1) is 8.16. The Kier molecular flexibility index (Phi) is 3.86. The summed E-state index contributed by atoms with van der Waals surface area (Å²) in [6.45, 7) is 1.80.